The number of halogens is 2. The van der Waals surface area contributed by atoms with Gasteiger partial charge in [-0.25, -0.2) is 8.78 Å². The molecule has 0 radical (unpaired) electrons. The van der Waals surface area contributed by atoms with E-state index in [0.29, 0.717) is 6.42 Å². The summed E-state index contributed by atoms with van der Waals surface area (Å²) in [5, 5.41) is 3.01. The molecule has 2 rings (SSSR count). The van der Waals surface area contributed by atoms with E-state index in [1.807, 2.05) is 25.1 Å². The van der Waals surface area contributed by atoms with Crippen LogP contribution in [-0.4, -0.2) is 7.05 Å². The van der Waals surface area contributed by atoms with Gasteiger partial charge in [-0.2, -0.15) is 0 Å². The highest BCUT2D eigenvalue weighted by atomic mass is 19.1. The lowest BCUT2D eigenvalue weighted by molar-refractivity contribution is 0.471. The molecule has 2 aromatic carbocycles. The van der Waals surface area contributed by atoms with Crippen molar-refractivity contribution in [1.82, 2.24) is 5.32 Å². The smallest absolute Gasteiger partial charge is 0.130 e. The minimum Gasteiger partial charge on any atom is -0.313 e. The van der Waals surface area contributed by atoms with Crippen molar-refractivity contribution in [2.45, 2.75) is 25.8 Å². The molecule has 106 valence electrons. The zero-order valence-electron chi connectivity index (χ0n) is 11.8. The Balaban J connectivity index is 2.16. The Morgan fingerprint density at radius 3 is 2.25 bits per heavy atom. The maximum atomic E-state index is 13.8. The SMILES string of the molecule is CNC(CCc1ccccc1C)c1c(F)cccc1F. The van der Waals surface area contributed by atoms with Crippen LogP contribution in [0.15, 0.2) is 42.5 Å². The van der Waals surface area contributed by atoms with E-state index < -0.39 is 11.6 Å². The van der Waals surface area contributed by atoms with E-state index in [2.05, 4.69) is 11.4 Å². The lowest BCUT2D eigenvalue weighted by atomic mass is 9.96. The highest BCUT2D eigenvalue weighted by Gasteiger charge is 2.18. The molecule has 0 aliphatic heterocycles. The third-order valence-corrected chi connectivity index (χ3v) is 3.66. The summed E-state index contributed by atoms with van der Waals surface area (Å²) in [5.41, 5.74) is 2.55. The summed E-state index contributed by atoms with van der Waals surface area (Å²) in [6.45, 7) is 2.05. The maximum absolute atomic E-state index is 13.8. The molecule has 0 heterocycles. The van der Waals surface area contributed by atoms with Crippen LogP contribution in [0, 0.1) is 18.6 Å². The molecule has 0 saturated carbocycles. The summed E-state index contributed by atoms with van der Waals surface area (Å²) in [5.74, 6) is -0.983. The van der Waals surface area contributed by atoms with Crippen LogP contribution in [0.5, 0.6) is 0 Å². The van der Waals surface area contributed by atoms with Gasteiger partial charge in [-0.1, -0.05) is 30.3 Å². The van der Waals surface area contributed by atoms with Crippen molar-refractivity contribution in [3.8, 4) is 0 Å². The fourth-order valence-electron chi connectivity index (χ4n) is 2.47. The Morgan fingerprint density at radius 1 is 1.00 bits per heavy atom. The second kappa shape index (κ2) is 6.62. The summed E-state index contributed by atoms with van der Waals surface area (Å²) in [4.78, 5) is 0. The fourth-order valence-corrected chi connectivity index (χ4v) is 2.47. The Hall–Kier alpha value is -1.74. The molecule has 0 aromatic heterocycles. The molecule has 3 heteroatoms. The van der Waals surface area contributed by atoms with E-state index in [1.54, 1.807) is 7.05 Å². The lowest BCUT2D eigenvalue weighted by Gasteiger charge is -2.18. The summed E-state index contributed by atoms with van der Waals surface area (Å²) in [6.07, 6.45) is 1.44. The van der Waals surface area contributed by atoms with Crippen LogP contribution in [0.3, 0.4) is 0 Å². The topological polar surface area (TPSA) is 12.0 Å². The van der Waals surface area contributed by atoms with Crippen LogP contribution in [0.2, 0.25) is 0 Å². The van der Waals surface area contributed by atoms with Crippen LogP contribution in [-0.2, 0) is 6.42 Å². The number of rotatable bonds is 5. The average Bonchev–Trinajstić information content (AvgIpc) is 2.43. The van der Waals surface area contributed by atoms with Gasteiger partial charge < -0.3 is 5.32 Å². The number of nitrogens with one attached hydrogen (secondary N) is 1. The first-order valence-electron chi connectivity index (χ1n) is 6.79. The van der Waals surface area contributed by atoms with Crippen molar-refractivity contribution in [1.29, 1.82) is 0 Å². The van der Waals surface area contributed by atoms with Crippen LogP contribution in [0.4, 0.5) is 8.78 Å². The van der Waals surface area contributed by atoms with Crippen LogP contribution < -0.4 is 5.32 Å². The largest absolute Gasteiger partial charge is 0.313 e. The summed E-state index contributed by atoms with van der Waals surface area (Å²) < 4.78 is 27.6. The van der Waals surface area contributed by atoms with Gasteiger partial charge in [0.05, 0.1) is 0 Å². The molecule has 0 spiro atoms. The molecule has 0 saturated heterocycles. The second-order valence-electron chi connectivity index (χ2n) is 4.94. The molecule has 0 aliphatic carbocycles. The summed E-state index contributed by atoms with van der Waals surface area (Å²) >= 11 is 0. The van der Waals surface area contributed by atoms with Gasteiger partial charge in [0, 0.05) is 11.6 Å². The minimum absolute atomic E-state index is 0.128. The standard InChI is InChI=1S/C17H19F2N/c1-12-6-3-4-7-13(12)10-11-16(20-2)17-14(18)8-5-9-15(17)19/h3-9,16,20H,10-11H2,1-2H3. The van der Waals surface area contributed by atoms with Crippen molar-refractivity contribution in [2.75, 3.05) is 7.05 Å². The predicted molar refractivity (Wildman–Crippen MR) is 77.7 cm³/mol. The van der Waals surface area contributed by atoms with E-state index in [9.17, 15) is 8.78 Å². The first-order valence-corrected chi connectivity index (χ1v) is 6.79. The lowest BCUT2D eigenvalue weighted by Crippen LogP contribution is -2.20. The fraction of sp³-hybridized carbons (Fsp3) is 0.294. The van der Waals surface area contributed by atoms with Gasteiger partial charge >= 0.3 is 0 Å². The Kier molecular flexibility index (Phi) is 4.85. The number of hydrogen-bond donors (Lipinski definition) is 1. The highest BCUT2D eigenvalue weighted by molar-refractivity contribution is 5.27. The first kappa shape index (κ1) is 14.7. The van der Waals surface area contributed by atoms with Gasteiger partial charge in [-0.3, -0.25) is 0 Å². The van der Waals surface area contributed by atoms with Crippen LogP contribution >= 0.6 is 0 Å². The molecule has 0 bridgehead atoms. The van der Waals surface area contributed by atoms with Crippen molar-refractivity contribution in [3.63, 3.8) is 0 Å². The van der Waals surface area contributed by atoms with E-state index in [4.69, 9.17) is 0 Å². The summed E-state index contributed by atoms with van der Waals surface area (Å²) in [6, 6.07) is 11.8. The van der Waals surface area contributed by atoms with Crippen molar-refractivity contribution < 1.29 is 8.78 Å². The van der Waals surface area contributed by atoms with Gasteiger partial charge in [0.1, 0.15) is 11.6 Å². The summed E-state index contributed by atoms with van der Waals surface area (Å²) in [7, 11) is 1.73. The Morgan fingerprint density at radius 2 is 1.65 bits per heavy atom. The van der Waals surface area contributed by atoms with E-state index >= 15 is 0 Å². The van der Waals surface area contributed by atoms with Gasteiger partial charge in [0.2, 0.25) is 0 Å². The van der Waals surface area contributed by atoms with E-state index in [0.717, 1.165) is 6.42 Å². The predicted octanol–water partition coefficient (Wildman–Crippen LogP) is 4.17. The maximum Gasteiger partial charge on any atom is 0.130 e. The van der Waals surface area contributed by atoms with Gasteiger partial charge in [0.15, 0.2) is 0 Å². The third kappa shape index (κ3) is 3.23. The molecular formula is C17H19F2N. The zero-order chi connectivity index (χ0) is 14.5. The van der Waals surface area contributed by atoms with Gasteiger partial charge in [0.25, 0.3) is 0 Å². The quantitative estimate of drug-likeness (QED) is 0.863. The van der Waals surface area contributed by atoms with E-state index in [-0.39, 0.29) is 11.6 Å². The van der Waals surface area contributed by atoms with Crippen molar-refractivity contribution >= 4 is 0 Å². The molecule has 2 aromatic rings. The first-order chi connectivity index (χ1) is 9.63. The molecular weight excluding hydrogens is 256 g/mol. The zero-order valence-corrected chi connectivity index (χ0v) is 11.8. The molecule has 0 amide bonds. The highest BCUT2D eigenvalue weighted by Crippen LogP contribution is 2.25. The average molecular weight is 275 g/mol. The Bertz CT molecular complexity index is 561. The van der Waals surface area contributed by atoms with Crippen molar-refractivity contribution in [3.05, 3.63) is 70.8 Å². The van der Waals surface area contributed by atoms with Crippen molar-refractivity contribution in [2.24, 2.45) is 0 Å². The Labute approximate surface area is 118 Å². The molecule has 20 heavy (non-hydrogen) atoms. The molecule has 0 fully saturated rings. The second-order valence-corrected chi connectivity index (χ2v) is 4.94. The molecule has 1 N–H and O–H groups in total. The molecule has 1 unspecified atom stereocenters. The molecule has 1 atom stereocenters. The van der Waals surface area contributed by atoms with Gasteiger partial charge in [-0.05, 0) is 50.1 Å². The van der Waals surface area contributed by atoms with Crippen LogP contribution in [0.1, 0.15) is 29.2 Å². The van der Waals surface area contributed by atoms with Crippen LogP contribution in [0.25, 0.3) is 0 Å². The number of aryl methyl sites for hydroxylation is 2. The molecule has 1 nitrogen and oxygen atoms in total. The third-order valence-electron chi connectivity index (χ3n) is 3.66. The minimum atomic E-state index is -0.492. The van der Waals surface area contributed by atoms with E-state index in [1.165, 1.54) is 29.3 Å². The number of benzene rings is 2. The van der Waals surface area contributed by atoms with Gasteiger partial charge in [-0.15, -0.1) is 0 Å². The molecule has 0 aliphatic rings. The number of hydrogen-bond acceptors (Lipinski definition) is 1. The monoisotopic (exact) mass is 275 g/mol. The normalized spacial score (nSPS) is 12.4.